The van der Waals surface area contributed by atoms with Gasteiger partial charge in [-0.25, -0.2) is 4.79 Å². The lowest BCUT2D eigenvalue weighted by atomic mass is 9.89. The molecule has 7 heteroatoms. The zero-order chi connectivity index (χ0) is 19.4. The van der Waals surface area contributed by atoms with E-state index in [1.54, 1.807) is 18.2 Å². The van der Waals surface area contributed by atoms with E-state index in [0.717, 1.165) is 25.7 Å². The highest BCUT2D eigenvalue weighted by molar-refractivity contribution is 6.42. The normalized spacial score (nSPS) is 24.4. The second kappa shape index (κ2) is 8.98. The van der Waals surface area contributed by atoms with Crippen molar-refractivity contribution in [2.75, 3.05) is 0 Å². The van der Waals surface area contributed by atoms with E-state index >= 15 is 0 Å². The molecule has 146 valence electrons. The van der Waals surface area contributed by atoms with Crippen LogP contribution in [-0.4, -0.2) is 18.1 Å². The Kier molecular flexibility index (Phi) is 6.66. The quantitative estimate of drug-likeness (QED) is 0.678. The van der Waals surface area contributed by atoms with Crippen molar-refractivity contribution in [1.82, 2.24) is 10.6 Å². The van der Waals surface area contributed by atoms with E-state index in [9.17, 15) is 9.59 Å². The summed E-state index contributed by atoms with van der Waals surface area (Å²) in [6.07, 6.45) is 7.39. The molecule has 1 saturated carbocycles. The van der Waals surface area contributed by atoms with Crippen LogP contribution in [-0.2, 0) is 9.53 Å². The Bertz CT molecular complexity index is 730. The Morgan fingerprint density at radius 3 is 2.41 bits per heavy atom. The molecule has 5 nitrogen and oxygen atoms in total. The van der Waals surface area contributed by atoms with E-state index in [1.165, 1.54) is 19.3 Å². The molecule has 0 aromatic heterocycles. The highest BCUT2D eigenvalue weighted by Gasteiger charge is 2.39. The number of halogens is 2. The van der Waals surface area contributed by atoms with Crippen molar-refractivity contribution in [3.8, 4) is 0 Å². The molecule has 2 fully saturated rings. The van der Waals surface area contributed by atoms with Crippen molar-refractivity contribution >= 4 is 35.2 Å². The Balaban J connectivity index is 1.80. The Morgan fingerprint density at radius 1 is 1.07 bits per heavy atom. The molecule has 0 radical (unpaired) electrons. The van der Waals surface area contributed by atoms with Crippen molar-refractivity contribution < 1.29 is 14.3 Å². The minimum Gasteiger partial charge on any atom is -0.462 e. The van der Waals surface area contributed by atoms with Crippen LogP contribution in [0.4, 0.5) is 4.79 Å². The predicted octanol–water partition coefficient (Wildman–Crippen LogP) is 5.13. The highest BCUT2D eigenvalue weighted by atomic mass is 35.5. The zero-order valence-corrected chi connectivity index (χ0v) is 16.6. The molecule has 0 spiro atoms. The summed E-state index contributed by atoms with van der Waals surface area (Å²) < 4.78 is 5.83. The van der Waals surface area contributed by atoms with E-state index in [0.29, 0.717) is 21.3 Å². The maximum Gasteiger partial charge on any atom is 0.319 e. The van der Waals surface area contributed by atoms with Gasteiger partial charge in [-0.15, -0.1) is 0 Å². The maximum atomic E-state index is 13.0. The average Bonchev–Trinajstić information content (AvgIpc) is 2.58. The van der Waals surface area contributed by atoms with Crippen LogP contribution >= 0.6 is 23.2 Å². The third-order valence-electron chi connectivity index (χ3n) is 5.16. The lowest BCUT2D eigenvalue weighted by Gasteiger charge is -2.34. The molecule has 1 heterocycles. The van der Waals surface area contributed by atoms with Gasteiger partial charge in [0.2, 0.25) is 0 Å². The molecular formula is C20H24Cl2N2O3. The molecule has 2 aliphatic rings. The van der Waals surface area contributed by atoms with Crippen molar-refractivity contribution in [2.24, 2.45) is 5.92 Å². The number of hydrogen-bond donors (Lipinski definition) is 2. The third kappa shape index (κ3) is 4.96. The van der Waals surface area contributed by atoms with E-state index in [1.807, 2.05) is 0 Å². The minimum atomic E-state index is -0.731. The first-order valence-corrected chi connectivity index (χ1v) is 10.1. The lowest BCUT2D eigenvalue weighted by Crippen LogP contribution is -2.51. The van der Waals surface area contributed by atoms with Gasteiger partial charge in [0.1, 0.15) is 12.0 Å². The molecule has 2 amide bonds. The smallest absolute Gasteiger partial charge is 0.319 e. The number of esters is 1. The van der Waals surface area contributed by atoms with Gasteiger partial charge in [-0.3, -0.25) is 4.79 Å². The molecule has 3 rings (SSSR count). The standard InChI is InChI=1S/C20H24Cl2N2O3/c1-12-17(19(25)27-14-7-5-3-2-4-6-8-14)18(24-20(26)23-12)13-9-10-15(21)16(22)11-13/h9-11,14,17-18H,1-8H2,(H2,23,24,26). The van der Waals surface area contributed by atoms with Crippen LogP contribution in [0.2, 0.25) is 10.0 Å². The monoisotopic (exact) mass is 410 g/mol. The van der Waals surface area contributed by atoms with Gasteiger partial charge in [0, 0.05) is 5.70 Å². The molecule has 2 N–H and O–H groups in total. The lowest BCUT2D eigenvalue weighted by molar-refractivity contribution is -0.155. The number of hydrogen-bond acceptors (Lipinski definition) is 3. The fourth-order valence-corrected chi connectivity index (χ4v) is 4.03. The minimum absolute atomic E-state index is 0.0855. The summed E-state index contributed by atoms with van der Waals surface area (Å²) in [4.78, 5) is 24.9. The topological polar surface area (TPSA) is 67.4 Å². The zero-order valence-electron chi connectivity index (χ0n) is 15.1. The summed E-state index contributed by atoms with van der Waals surface area (Å²) in [5.74, 6) is -1.11. The van der Waals surface area contributed by atoms with Crippen LogP contribution < -0.4 is 10.6 Å². The Labute approximate surface area is 169 Å². The average molecular weight is 411 g/mol. The molecule has 1 aromatic carbocycles. The van der Waals surface area contributed by atoms with E-state index < -0.39 is 18.0 Å². The van der Waals surface area contributed by atoms with Crippen LogP contribution in [0.15, 0.2) is 30.5 Å². The summed E-state index contributed by atoms with van der Waals surface area (Å²) in [6, 6.07) is 4.03. The van der Waals surface area contributed by atoms with Gasteiger partial charge in [-0.05, 0) is 43.4 Å². The Morgan fingerprint density at radius 2 is 1.74 bits per heavy atom. The van der Waals surface area contributed by atoms with E-state index in [2.05, 4.69) is 17.2 Å². The van der Waals surface area contributed by atoms with Crippen LogP contribution in [0, 0.1) is 5.92 Å². The van der Waals surface area contributed by atoms with Crippen LogP contribution in [0.25, 0.3) is 0 Å². The van der Waals surface area contributed by atoms with E-state index in [-0.39, 0.29) is 12.1 Å². The molecule has 1 aromatic rings. The third-order valence-corrected chi connectivity index (χ3v) is 5.90. The van der Waals surface area contributed by atoms with Crippen molar-refractivity contribution in [2.45, 2.75) is 57.1 Å². The van der Waals surface area contributed by atoms with E-state index in [4.69, 9.17) is 27.9 Å². The first-order valence-electron chi connectivity index (χ1n) is 9.37. The van der Waals surface area contributed by atoms with Gasteiger partial charge in [-0.2, -0.15) is 0 Å². The van der Waals surface area contributed by atoms with Gasteiger partial charge < -0.3 is 15.4 Å². The fraction of sp³-hybridized carbons (Fsp3) is 0.500. The summed E-state index contributed by atoms with van der Waals surface area (Å²) in [5.41, 5.74) is 1.01. The number of amides is 2. The number of rotatable bonds is 3. The van der Waals surface area contributed by atoms with Gasteiger partial charge in [-0.1, -0.05) is 55.1 Å². The first-order chi connectivity index (χ1) is 13.0. The molecule has 2 atom stereocenters. The van der Waals surface area contributed by atoms with Crippen molar-refractivity contribution in [3.63, 3.8) is 0 Å². The van der Waals surface area contributed by atoms with Crippen molar-refractivity contribution in [3.05, 3.63) is 46.1 Å². The highest BCUT2D eigenvalue weighted by Crippen LogP contribution is 2.34. The fourth-order valence-electron chi connectivity index (χ4n) is 3.72. The molecule has 1 saturated heterocycles. The number of nitrogens with one attached hydrogen (secondary N) is 2. The second-order valence-electron chi connectivity index (χ2n) is 7.16. The molecule has 1 aliphatic carbocycles. The molecule has 1 aliphatic heterocycles. The van der Waals surface area contributed by atoms with Gasteiger partial charge in [0.05, 0.1) is 16.1 Å². The number of carbonyl (C=O) groups is 2. The number of carbonyl (C=O) groups excluding carboxylic acids is 2. The molecular weight excluding hydrogens is 387 g/mol. The first kappa shape index (κ1) is 20.0. The van der Waals surface area contributed by atoms with Gasteiger partial charge in [0.25, 0.3) is 0 Å². The predicted molar refractivity (Wildman–Crippen MR) is 106 cm³/mol. The SMILES string of the molecule is C=C1NC(=O)NC(c2ccc(Cl)c(Cl)c2)C1C(=O)OC1CCCCCCC1. The summed E-state index contributed by atoms with van der Waals surface area (Å²) in [7, 11) is 0. The summed E-state index contributed by atoms with van der Waals surface area (Å²) in [5, 5.41) is 6.15. The number of urea groups is 1. The summed E-state index contributed by atoms with van der Waals surface area (Å²) >= 11 is 12.1. The second-order valence-corrected chi connectivity index (χ2v) is 7.97. The van der Waals surface area contributed by atoms with Gasteiger partial charge in [0.15, 0.2) is 0 Å². The maximum absolute atomic E-state index is 13.0. The molecule has 27 heavy (non-hydrogen) atoms. The molecule has 2 unspecified atom stereocenters. The summed E-state index contributed by atoms with van der Waals surface area (Å²) in [6.45, 7) is 3.88. The largest absolute Gasteiger partial charge is 0.462 e. The number of ether oxygens (including phenoxy) is 1. The number of benzene rings is 1. The van der Waals surface area contributed by atoms with Crippen LogP contribution in [0.3, 0.4) is 0 Å². The Hall–Kier alpha value is -1.72. The molecule has 0 bridgehead atoms. The van der Waals surface area contributed by atoms with Crippen molar-refractivity contribution in [1.29, 1.82) is 0 Å². The van der Waals surface area contributed by atoms with Crippen LogP contribution in [0.5, 0.6) is 0 Å². The van der Waals surface area contributed by atoms with Gasteiger partial charge >= 0.3 is 12.0 Å². The van der Waals surface area contributed by atoms with Crippen LogP contribution in [0.1, 0.15) is 56.6 Å².